The fourth-order valence-corrected chi connectivity index (χ4v) is 3.85. The van der Waals surface area contributed by atoms with Gasteiger partial charge in [0, 0.05) is 38.4 Å². The summed E-state index contributed by atoms with van der Waals surface area (Å²) in [6.45, 7) is 7.82. The molecule has 0 radical (unpaired) electrons. The van der Waals surface area contributed by atoms with Gasteiger partial charge in [-0.2, -0.15) is 5.10 Å². The summed E-state index contributed by atoms with van der Waals surface area (Å²) in [5, 5.41) is 7.37. The molecule has 134 valence electrons. The molecular weight excluding hydrogens is 302 g/mol. The Bertz CT molecular complexity index is 523. The topological polar surface area (TPSA) is 53.4 Å². The highest BCUT2D eigenvalue weighted by Crippen LogP contribution is 2.20. The molecule has 3 heterocycles. The van der Waals surface area contributed by atoms with Crippen LogP contribution in [0, 0.1) is 6.92 Å². The molecule has 1 atom stereocenters. The van der Waals surface area contributed by atoms with Gasteiger partial charge in [-0.1, -0.05) is 6.42 Å². The van der Waals surface area contributed by atoms with Crippen LogP contribution in [0.15, 0.2) is 12.4 Å². The molecule has 3 rings (SSSR count). The minimum Gasteiger partial charge on any atom is -0.338 e. The van der Waals surface area contributed by atoms with E-state index in [1.165, 1.54) is 44.3 Å². The first-order chi connectivity index (χ1) is 11.7. The van der Waals surface area contributed by atoms with Gasteiger partial charge in [-0.05, 0) is 57.7 Å². The predicted octanol–water partition coefficient (Wildman–Crippen LogP) is 2.24. The normalized spacial score (nSPS) is 22.5. The molecule has 0 spiro atoms. The van der Waals surface area contributed by atoms with Crippen molar-refractivity contribution < 1.29 is 4.79 Å². The first-order valence-corrected chi connectivity index (χ1v) is 9.48. The van der Waals surface area contributed by atoms with Crippen LogP contribution >= 0.6 is 0 Å². The number of likely N-dealkylation sites (tertiary alicyclic amines) is 2. The molecule has 2 aliphatic heterocycles. The number of amides is 2. The summed E-state index contributed by atoms with van der Waals surface area (Å²) in [6.07, 6.45) is 11.1. The van der Waals surface area contributed by atoms with E-state index in [2.05, 4.69) is 15.3 Å². The average molecular weight is 333 g/mol. The third kappa shape index (κ3) is 4.72. The van der Waals surface area contributed by atoms with Crippen LogP contribution in [0.5, 0.6) is 0 Å². The van der Waals surface area contributed by atoms with Crippen LogP contribution in [0.3, 0.4) is 0 Å². The largest absolute Gasteiger partial charge is 0.338 e. The Balaban J connectivity index is 1.41. The number of urea groups is 1. The van der Waals surface area contributed by atoms with Crippen molar-refractivity contribution in [3.05, 3.63) is 18.0 Å². The zero-order valence-electron chi connectivity index (χ0n) is 14.9. The van der Waals surface area contributed by atoms with E-state index in [0.29, 0.717) is 12.6 Å². The summed E-state index contributed by atoms with van der Waals surface area (Å²) in [5.41, 5.74) is 1.18. The molecule has 2 amide bonds. The number of hydrogen-bond donors (Lipinski definition) is 1. The summed E-state index contributed by atoms with van der Waals surface area (Å²) in [7, 11) is 0. The lowest BCUT2D eigenvalue weighted by molar-refractivity contribution is 0.166. The van der Waals surface area contributed by atoms with Gasteiger partial charge in [-0.15, -0.1) is 0 Å². The van der Waals surface area contributed by atoms with Gasteiger partial charge in [0.2, 0.25) is 0 Å². The lowest BCUT2D eigenvalue weighted by atomic mass is 10.1. The number of nitrogens with one attached hydrogen (secondary N) is 1. The molecule has 0 saturated carbocycles. The monoisotopic (exact) mass is 333 g/mol. The summed E-state index contributed by atoms with van der Waals surface area (Å²) >= 11 is 0. The minimum atomic E-state index is 0.109. The molecule has 0 aromatic carbocycles. The number of carbonyl (C=O) groups excluding carboxylic acids is 1. The second kappa shape index (κ2) is 8.51. The van der Waals surface area contributed by atoms with Crippen LogP contribution in [-0.2, 0) is 6.54 Å². The zero-order valence-corrected chi connectivity index (χ0v) is 14.9. The number of hydrogen-bond acceptors (Lipinski definition) is 3. The highest BCUT2D eigenvalue weighted by molar-refractivity contribution is 5.74. The van der Waals surface area contributed by atoms with Gasteiger partial charge in [0.25, 0.3) is 0 Å². The van der Waals surface area contributed by atoms with Crippen molar-refractivity contribution in [3.8, 4) is 0 Å². The van der Waals surface area contributed by atoms with Crippen LogP contribution in [0.4, 0.5) is 4.79 Å². The van der Waals surface area contributed by atoms with E-state index >= 15 is 0 Å². The summed E-state index contributed by atoms with van der Waals surface area (Å²) < 4.78 is 1.94. The highest BCUT2D eigenvalue weighted by atomic mass is 16.2. The highest BCUT2D eigenvalue weighted by Gasteiger charge is 2.27. The molecular formula is C18H31N5O. The van der Waals surface area contributed by atoms with E-state index < -0.39 is 0 Å². The molecule has 2 fully saturated rings. The first kappa shape index (κ1) is 17.3. The van der Waals surface area contributed by atoms with Crippen molar-refractivity contribution in [2.75, 3.05) is 32.7 Å². The maximum absolute atomic E-state index is 12.5. The van der Waals surface area contributed by atoms with Gasteiger partial charge in [0.15, 0.2) is 0 Å². The van der Waals surface area contributed by atoms with E-state index in [1.54, 1.807) is 0 Å². The Labute approximate surface area is 145 Å². The average Bonchev–Trinajstić information content (AvgIpc) is 3.18. The van der Waals surface area contributed by atoms with Crippen LogP contribution in [0.1, 0.15) is 44.1 Å². The summed E-state index contributed by atoms with van der Waals surface area (Å²) in [4.78, 5) is 17.1. The molecule has 1 unspecified atom stereocenters. The van der Waals surface area contributed by atoms with Crippen LogP contribution in [0.25, 0.3) is 0 Å². The molecule has 2 saturated heterocycles. The van der Waals surface area contributed by atoms with Crippen molar-refractivity contribution in [1.29, 1.82) is 0 Å². The van der Waals surface area contributed by atoms with E-state index in [-0.39, 0.29) is 6.03 Å². The second-order valence-corrected chi connectivity index (χ2v) is 7.20. The standard InChI is InChI=1S/C18H31N5O/c1-16-13-20-23(14-16)12-6-8-19-18(24)22-11-3-2-7-17(15-22)21-9-4-5-10-21/h13-14,17H,2-12,15H2,1H3,(H,19,24). The number of rotatable bonds is 5. The number of aryl methyl sites for hydroxylation is 2. The maximum Gasteiger partial charge on any atom is 0.317 e. The van der Waals surface area contributed by atoms with Crippen molar-refractivity contribution in [1.82, 2.24) is 24.9 Å². The fourth-order valence-electron chi connectivity index (χ4n) is 3.85. The van der Waals surface area contributed by atoms with Crippen LogP contribution in [-0.4, -0.2) is 64.4 Å². The molecule has 6 heteroatoms. The van der Waals surface area contributed by atoms with Gasteiger partial charge in [0.1, 0.15) is 0 Å². The molecule has 6 nitrogen and oxygen atoms in total. The summed E-state index contributed by atoms with van der Waals surface area (Å²) in [5.74, 6) is 0. The fraction of sp³-hybridized carbons (Fsp3) is 0.778. The van der Waals surface area contributed by atoms with Gasteiger partial charge in [-0.25, -0.2) is 4.79 Å². The van der Waals surface area contributed by atoms with E-state index in [0.717, 1.165) is 32.5 Å². The van der Waals surface area contributed by atoms with Gasteiger partial charge >= 0.3 is 6.03 Å². The summed E-state index contributed by atoms with van der Waals surface area (Å²) in [6, 6.07) is 0.672. The molecule has 1 aromatic heterocycles. The Morgan fingerprint density at radius 2 is 2.04 bits per heavy atom. The van der Waals surface area contributed by atoms with Crippen molar-refractivity contribution >= 4 is 6.03 Å². The quantitative estimate of drug-likeness (QED) is 0.841. The Hall–Kier alpha value is -1.56. The van der Waals surface area contributed by atoms with Gasteiger partial charge < -0.3 is 10.2 Å². The third-order valence-electron chi connectivity index (χ3n) is 5.19. The predicted molar refractivity (Wildman–Crippen MR) is 95.0 cm³/mol. The van der Waals surface area contributed by atoms with Crippen molar-refractivity contribution in [2.24, 2.45) is 0 Å². The maximum atomic E-state index is 12.5. The molecule has 1 N–H and O–H groups in total. The Morgan fingerprint density at radius 1 is 1.25 bits per heavy atom. The van der Waals surface area contributed by atoms with E-state index in [1.807, 2.05) is 28.9 Å². The first-order valence-electron chi connectivity index (χ1n) is 9.48. The second-order valence-electron chi connectivity index (χ2n) is 7.20. The van der Waals surface area contributed by atoms with Gasteiger partial charge in [0.05, 0.1) is 6.20 Å². The van der Waals surface area contributed by atoms with Crippen LogP contribution < -0.4 is 5.32 Å². The lowest BCUT2D eigenvalue weighted by Crippen LogP contribution is -2.47. The Morgan fingerprint density at radius 3 is 2.79 bits per heavy atom. The smallest absolute Gasteiger partial charge is 0.317 e. The van der Waals surface area contributed by atoms with Crippen molar-refractivity contribution in [3.63, 3.8) is 0 Å². The zero-order chi connectivity index (χ0) is 16.8. The molecule has 0 aliphatic carbocycles. The SMILES string of the molecule is Cc1cnn(CCCNC(=O)N2CCCCC(N3CCCC3)C2)c1. The Kier molecular flexibility index (Phi) is 6.12. The molecule has 0 bridgehead atoms. The number of nitrogens with zero attached hydrogens (tertiary/aromatic N) is 4. The molecule has 24 heavy (non-hydrogen) atoms. The lowest BCUT2D eigenvalue weighted by Gasteiger charge is -2.30. The van der Waals surface area contributed by atoms with Gasteiger partial charge in [-0.3, -0.25) is 9.58 Å². The van der Waals surface area contributed by atoms with Crippen molar-refractivity contribution in [2.45, 2.75) is 58.0 Å². The molecule has 1 aromatic rings. The van der Waals surface area contributed by atoms with E-state index in [4.69, 9.17) is 0 Å². The number of aromatic nitrogens is 2. The minimum absolute atomic E-state index is 0.109. The van der Waals surface area contributed by atoms with E-state index in [9.17, 15) is 4.79 Å². The van der Waals surface area contributed by atoms with Crippen LogP contribution in [0.2, 0.25) is 0 Å². The third-order valence-corrected chi connectivity index (χ3v) is 5.19. The number of carbonyl (C=O) groups is 1. The molecule has 2 aliphatic rings.